The molecule has 3 aromatic rings. The molecular weight excluding hydrogens is 376 g/mol. The van der Waals surface area contributed by atoms with Crippen molar-refractivity contribution in [1.29, 1.82) is 0 Å². The molecule has 0 amide bonds. The molecule has 0 saturated carbocycles. The molecule has 1 aromatic heterocycles. The third-order valence-electron chi connectivity index (χ3n) is 3.70. The summed E-state index contributed by atoms with van der Waals surface area (Å²) in [6.07, 6.45) is -1.46. The third kappa shape index (κ3) is 4.63. The highest BCUT2D eigenvalue weighted by Crippen LogP contribution is 2.28. The maximum Gasteiger partial charge on any atom is 0.294 e. The summed E-state index contributed by atoms with van der Waals surface area (Å²) in [5.41, 5.74) is 2.25. The fourth-order valence-electron chi connectivity index (χ4n) is 2.54. The van der Waals surface area contributed by atoms with Crippen molar-refractivity contribution in [2.75, 3.05) is 5.32 Å². The zero-order valence-electron chi connectivity index (χ0n) is 14.1. The summed E-state index contributed by atoms with van der Waals surface area (Å²) in [4.78, 5) is 7.47. The summed E-state index contributed by atoms with van der Waals surface area (Å²) >= 11 is 0. The number of aromatic nitrogens is 2. The lowest BCUT2D eigenvalue weighted by molar-refractivity contribution is 0.146. The summed E-state index contributed by atoms with van der Waals surface area (Å²) in [5, 5.41) is 2.87. The van der Waals surface area contributed by atoms with E-state index in [1.807, 2.05) is 13.0 Å². The molecule has 0 aliphatic carbocycles. The lowest BCUT2D eigenvalue weighted by Gasteiger charge is -2.11. The Bertz CT molecular complexity index is 1090. The Hall–Kier alpha value is -2.91. The molecule has 3 rings (SSSR count). The van der Waals surface area contributed by atoms with Crippen molar-refractivity contribution >= 4 is 21.8 Å². The first kappa shape index (κ1) is 18.9. The Morgan fingerprint density at radius 1 is 1.07 bits per heavy atom. The minimum absolute atomic E-state index is 0.0241. The molecule has 2 aromatic carbocycles. The minimum atomic E-state index is -4.32. The lowest BCUT2D eigenvalue weighted by Crippen LogP contribution is -2.01. The second kappa shape index (κ2) is 7.37. The Morgan fingerprint density at radius 3 is 2.56 bits per heavy atom. The Kier molecular flexibility index (Phi) is 5.15. The van der Waals surface area contributed by atoms with E-state index >= 15 is 0 Å². The standard InChI is InChI=1S/C18H15F2N3O3S/c1-11-7-13(12-3-2-4-15(10-12)27(24,25)26)9-14(8-11)22-18-21-6-5-16(23-18)17(19)20/h2-10,17H,1H3,(H,21,22,23)(H,24,25,26). The zero-order valence-corrected chi connectivity index (χ0v) is 14.9. The fourth-order valence-corrected chi connectivity index (χ4v) is 3.07. The molecule has 6 nitrogen and oxygen atoms in total. The van der Waals surface area contributed by atoms with E-state index in [-0.39, 0.29) is 16.5 Å². The SMILES string of the molecule is Cc1cc(Nc2nccc(C(F)F)n2)cc(-c2cccc(S(=O)(=O)O)c2)c1. The molecule has 0 fully saturated rings. The van der Waals surface area contributed by atoms with Crippen LogP contribution in [0, 0.1) is 6.92 Å². The van der Waals surface area contributed by atoms with Gasteiger partial charge in [0.25, 0.3) is 16.5 Å². The average molecular weight is 391 g/mol. The van der Waals surface area contributed by atoms with Crippen LogP contribution in [0.3, 0.4) is 0 Å². The molecule has 0 aliphatic heterocycles. The first-order valence-electron chi connectivity index (χ1n) is 7.80. The van der Waals surface area contributed by atoms with Gasteiger partial charge in [0.1, 0.15) is 5.69 Å². The molecule has 0 bridgehead atoms. The second-order valence-electron chi connectivity index (χ2n) is 5.82. The molecule has 0 unspecified atom stereocenters. The number of nitrogens with one attached hydrogen (secondary N) is 1. The lowest BCUT2D eigenvalue weighted by atomic mass is 10.0. The molecule has 0 saturated heterocycles. The largest absolute Gasteiger partial charge is 0.324 e. The predicted molar refractivity (Wildman–Crippen MR) is 96.7 cm³/mol. The summed E-state index contributed by atoms with van der Waals surface area (Å²) in [6, 6.07) is 12.3. The molecule has 1 heterocycles. The number of nitrogens with zero attached hydrogens (tertiary/aromatic N) is 2. The number of hydrogen-bond donors (Lipinski definition) is 2. The van der Waals surface area contributed by atoms with E-state index < -0.39 is 16.5 Å². The van der Waals surface area contributed by atoms with E-state index in [0.717, 1.165) is 11.6 Å². The number of hydrogen-bond acceptors (Lipinski definition) is 5. The van der Waals surface area contributed by atoms with Crippen molar-refractivity contribution in [1.82, 2.24) is 9.97 Å². The highest BCUT2D eigenvalue weighted by Gasteiger charge is 2.12. The molecule has 9 heteroatoms. The maximum absolute atomic E-state index is 12.8. The van der Waals surface area contributed by atoms with Gasteiger partial charge >= 0.3 is 0 Å². The molecule has 2 N–H and O–H groups in total. The molecule has 27 heavy (non-hydrogen) atoms. The normalized spacial score (nSPS) is 11.6. The molecule has 0 radical (unpaired) electrons. The topological polar surface area (TPSA) is 92.2 Å². The van der Waals surface area contributed by atoms with Gasteiger partial charge in [-0.25, -0.2) is 18.7 Å². The third-order valence-corrected chi connectivity index (χ3v) is 4.55. The zero-order chi connectivity index (χ0) is 19.6. The van der Waals surface area contributed by atoms with Gasteiger partial charge in [0.15, 0.2) is 0 Å². The quantitative estimate of drug-likeness (QED) is 0.627. The van der Waals surface area contributed by atoms with Crippen LogP contribution in [-0.2, 0) is 10.1 Å². The van der Waals surface area contributed by atoms with E-state index in [0.29, 0.717) is 16.8 Å². The van der Waals surface area contributed by atoms with E-state index in [2.05, 4.69) is 15.3 Å². The second-order valence-corrected chi connectivity index (χ2v) is 7.24. The van der Waals surface area contributed by atoms with E-state index in [1.165, 1.54) is 24.4 Å². The van der Waals surface area contributed by atoms with Crippen molar-refractivity contribution in [3.63, 3.8) is 0 Å². The van der Waals surface area contributed by atoms with Gasteiger partial charge in [-0.05, 0) is 53.9 Å². The number of aryl methyl sites for hydroxylation is 1. The van der Waals surface area contributed by atoms with Crippen LogP contribution in [0.25, 0.3) is 11.1 Å². The highest BCUT2D eigenvalue weighted by atomic mass is 32.2. The summed E-state index contributed by atoms with van der Waals surface area (Å²) in [7, 11) is -4.32. The van der Waals surface area contributed by atoms with E-state index in [1.54, 1.807) is 18.2 Å². The smallest absolute Gasteiger partial charge is 0.294 e. The van der Waals surface area contributed by atoms with Crippen molar-refractivity contribution in [2.24, 2.45) is 0 Å². The van der Waals surface area contributed by atoms with Crippen molar-refractivity contribution < 1.29 is 21.8 Å². The first-order valence-corrected chi connectivity index (χ1v) is 9.24. The van der Waals surface area contributed by atoms with Crippen LogP contribution < -0.4 is 5.32 Å². The summed E-state index contributed by atoms with van der Waals surface area (Å²) < 4.78 is 57.5. The van der Waals surface area contributed by atoms with E-state index in [9.17, 15) is 21.8 Å². The average Bonchev–Trinajstić information content (AvgIpc) is 2.61. The van der Waals surface area contributed by atoms with Crippen LogP contribution in [0.4, 0.5) is 20.4 Å². The van der Waals surface area contributed by atoms with Crippen molar-refractivity contribution in [3.05, 3.63) is 66.0 Å². The van der Waals surface area contributed by atoms with Gasteiger partial charge in [-0.15, -0.1) is 0 Å². The molecule has 0 spiro atoms. The Labute approximate surface area is 154 Å². The van der Waals surface area contributed by atoms with Crippen LogP contribution in [0.1, 0.15) is 17.7 Å². The maximum atomic E-state index is 12.8. The van der Waals surface area contributed by atoms with Gasteiger partial charge in [-0.2, -0.15) is 8.42 Å². The Morgan fingerprint density at radius 2 is 1.85 bits per heavy atom. The summed E-state index contributed by atoms with van der Waals surface area (Å²) in [6.45, 7) is 1.83. The van der Waals surface area contributed by atoms with Crippen molar-refractivity contribution in [3.8, 4) is 11.1 Å². The van der Waals surface area contributed by atoms with E-state index in [4.69, 9.17) is 0 Å². The first-order chi connectivity index (χ1) is 12.7. The minimum Gasteiger partial charge on any atom is -0.324 e. The van der Waals surface area contributed by atoms with Crippen LogP contribution in [0.2, 0.25) is 0 Å². The predicted octanol–water partition coefficient (Wildman–Crippen LogP) is 4.38. The van der Waals surface area contributed by atoms with Crippen LogP contribution in [-0.4, -0.2) is 22.9 Å². The molecule has 140 valence electrons. The van der Waals surface area contributed by atoms with Gasteiger partial charge in [-0.3, -0.25) is 4.55 Å². The molecule has 0 atom stereocenters. The fraction of sp³-hybridized carbons (Fsp3) is 0.111. The van der Waals surface area contributed by atoms with Gasteiger partial charge in [-0.1, -0.05) is 18.2 Å². The van der Waals surface area contributed by atoms with Crippen LogP contribution in [0.5, 0.6) is 0 Å². The molecular formula is C18H15F2N3O3S. The summed E-state index contributed by atoms with van der Waals surface area (Å²) in [5.74, 6) is 0.0241. The monoisotopic (exact) mass is 391 g/mol. The van der Waals surface area contributed by atoms with Crippen molar-refractivity contribution in [2.45, 2.75) is 18.2 Å². The Balaban J connectivity index is 1.97. The van der Waals surface area contributed by atoms with Gasteiger partial charge in [0, 0.05) is 11.9 Å². The number of rotatable bonds is 5. The highest BCUT2D eigenvalue weighted by molar-refractivity contribution is 7.85. The van der Waals surface area contributed by atoms with Gasteiger partial charge < -0.3 is 5.32 Å². The number of anilines is 2. The van der Waals surface area contributed by atoms with Crippen LogP contribution >= 0.6 is 0 Å². The number of alkyl halides is 2. The number of benzene rings is 2. The number of halogens is 2. The molecule has 0 aliphatic rings. The van der Waals surface area contributed by atoms with Gasteiger partial charge in [0.05, 0.1) is 4.90 Å². The van der Waals surface area contributed by atoms with Gasteiger partial charge in [0.2, 0.25) is 5.95 Å². The van der Waals surface area contributed by atoms with Crippen LogP contribution in [0.15, 0.2) is 59.6 Å².